The average molecular weight is 403 g/mol. The number of amides is 1. The number of hydrogen-bond donors (Lipinski definition) is 2. The van der Waals surface area contributed by atoms with Gasteiger partial charge in [0.1, 0.15) is 4.21 Å². The van der Waals surface area contributed by atoms with Crippen LogP contribution in [0.15, 0.2) is 46.0 Å². The minimum atomic E-state index is -3.69. The molecule has 136 valence electrons. The molecule has 0 atom stereocenters. The van der Waals surface area contributed by atoms with Gasteiger partial charge in [0.2, 0.25) is 0 Å². The molecule has 1 aromatic heterocycles. The highest BCUT2D eigenvalue weighted by atomic mass is 32.2. The van der Waals surface area contributed by atoms with Crippen molar-refractivity contribution in [3.05, 3.63) is 47.3 Å². The van der Waals surface area contributed by atoms with E-state index in [1.807, 2.05) is 0 Å². The summed E-state index contributed by atoms with van der Waals surface area (Å²) in [5, 5.41) is 4.17. The van der Waals surface area contributed by atoms with E-state index in [0.29, 0.717) is 0 Å². The standard InChI is InChI=1S/C15H18N2O5S3/c1-2-24(19,20)10-8-16-15(18)12-5-3-6-13(11-12)17-25(21,22)14-7-4-9-23-14/h3-7,9,11,17H,2,8,10H2,1H3,(H,16,18). The Kier molecular flexibility index (Phi) is 6.20. The molecular weight excluding hydrogens is 384 g/mol. The van der Waals surface area contributed by atoms with Crippen LogP contribution >= 0.6 is 11.3 Å². The fourth-order valence-corrected chi connectivity index (χ4v) is 4.66. The van der Waals surface area contributed by atoms with Crippen LogP contribution in [0, 0.1) is 0 Å². The second kappa shape index (κ2) is 7.98. The minimum Gasteiger partial charge on any atom is -0.351 e. The molecule has 0 fully saturated rings. The maximum atomic E-state index is 12.2. The maximum Gasteiger partial charge on any atom is 0.271 e. The number of anilines is 1. The number of sulfonamides is 1. The number of carbonyl (C=O) groups excluding carboxylic acids is 1. The summed E-state index contributed by atoms with van der Waals surface area (Å²) in [6.07, 6.45) is 0. The van der Waals surface area contributed by atoms with Crippen LogP contribution in [0.1, 0.15) is 17.3 Å². The van der Waals surface area contributed by atoms with Gasteiger partial charge in [-0.1, -0.05) is 19.1 Å². The van der Waals surface area contributed by atoms with Crippen LogP contribution in [0.25, 0.3) is 0 Å². The van der Waals surface area contributed by atoms with Crippen molar-refractivity contribution in [1.29, 1.82) is 0 Å². The molecule has 2 N–H and O–H groups in total. The lowest BCUT2D eigenvalue weighted by atomic mass is 10.2. The lowest BCUT2D eigenvalue weighted by molar-refractivity contribution is 0.0956. The van der Waals surface area contributed by atoms with Gasteiger partial charge >= 0.3 is 0 Å². The summed E-state index contributed by atoms with van der Waals surface area (Å²) in [4.78, 5) is 12.1. The quantitative estimate of drug-likeness (QED) is 0.699. The molecule has 0 aliphatic carbocycles. The first-order valence-electron chi connectivity index (χ1n) is 7.38. The van der Waals surface area contributed by atoms with E-state index in [-0.39, 0.29) is 33.5 Å². The first kappa shape index (κ1) is 19.4. The third-order valence-electron chi connectivity index (χ3n) is 3.28. The Labute approximate surface area is 151 Å². The van der Waals surface area contributed by atoms with Gasteiger partial charge in [0, 0.05) is 23.5 Å². The van der Waals surface area contributed by atoms with Crippen LogP contribution in [0.4, 0.5) is 5.69 Å². The predicted octanol–water partition coefficient (Wildman–Crippen LogP) is 1.71. The topological polar surface area (TPSA) is 109 Å². The zero-order valence-electron chi connectivity index (χ0n) is 13.4. The van der Waals surface area contributed by atoms with E-state index in [1.165, 1.54) is 24.3 Å². The Morgan fingerprint density at radius 3 is 2.52 bits per heavy atom. The summed E-state index contributed by atoms with van der Waals surface area (Å²) >= 11 is 1.09. The second-order valence-corrected chi connectivity index (χ2v) is 10.4. The lowest BCUT2D eigenvalue weighted by Gasteiger charge is -2.09. The van der Waals surface area contributed by atoms with Crippen LogP contribution in [0.5, 0.6) is 0 Å². The number of sulfone groups is 1. The van der Waals surface area contributed by atoms with E-state index in [1.54, 1.807) is 24.4 Å². The highest BCUT2D eigenvalue weighted by molar-refractivity contribution is 7.94. The molecule has 7 nitrogen and oxygen atoms in total. The highest BCUT2D eigenvalue weighted by Crippen LogP contribution is 2.20. The molecule has 2 aromatic rings. The van der Waals surface area contributed by atoms with E-state index in [9.17, 15) is 21.6 Å². The predicted molar refractivity (Wildman–Crippen MR) is 98.2 cm³/mol. The summed E-state index contributed by atoms with van der Waals surface area (Å²) in [6, 6.07) is 9.11. The van der Waals surface area contributed by atoms with Gasteiger partial charge in [0.05, 0.1) is 5.75 Å². The molecule has 10 heteroatoms. The SMILES string of the molecule is CCS(=O)(=O)CCNC(=O)c1cccc(NS(=O)(=O)c2cccs2)c1. The van der Waals surface area contributed by atoms with Crippen LogP contribution in [-0.4, -0.2) is 40.8 Å². The monoisotopic (exact) mass is 402 g/mol. The molecule has 0 aliphatic rings. The fraction of sp³-hybridized carbons (Fsp3) is 0.267. The van der Waals surface area contributed by atoms with Gasteiger partial charge in [0.25, 0.3) is 15.9 Å². The number of benzene rings is 1. The van der Waals surface area contributed by atoms with Gasteiger partial charge in [-0.3, -0.25) is 9.52 Å². The fourth-order valence-electron chi connectivity index (χ4n) is 1.91. The Morgan fingerprint density at radius 1 is 1.12 bits per heavy atom. The first-order valence-corrected chi connectivity index (χ1v) is 11.6. The van der Waals surface area contributed by atoms with E-state index >= 15 is 0 Å². The van der Waals surface area contributed by atoms with Crippen LogP contribution in [-0.2, 0) is 19.9 Å². The van der Waals surface area contributed by atoms with E-state index in [2.05, 4.69) is 10.0 Å². The van der Waals surface area contributed by atoms with Crippen molar-refractivity contribution < 1.29 is 21.6 Å². The first-order chi connectivity index (χ1) is 11.7. The van der Waals surface area contributed by atoms with Crippen molar-refractivity contribution in [2.75, 3.05) is 22.8 Å². The molecule has 0 saturated carbocycles. The second-order valence-electron chi connectivity index (χ2n) is 5.11. The van der Waals surface area contributed by atoms with Crippen molar-refractivity contribution >= 4 is 42.8 Å². The van der Waals surface area contributed by atoms with Crippen LogP contribution in [0.3, 0.4) is 0 Å². The number of rotatable bonds is 8. The molecule has 0 aliphatic heterocycles. The minimum absolute atomic E-state index is 0.000156. The Bertz CT molecular complexity index is 935. The molecule has 1 heterocycles. The molecule has 0 unspecified atom stereocenters. The molecule has 0 radical (unpaired) electrons. The highest BCUT2D eigenvalue weighted by Gasteiger charge is 2.16. The van der Waals surface area contributed by atoms with Gasteiger partial charge in [-0.2, -0.15) is 0 Å². The van der Waals surface area contributed by atoms with Gasteiger partial charge in [0.15, 0.2) is 9.84 Å². The smallest absolute Gasteiger partial charge is 0.271 e. The number of nitrogens with one attached hydrogen (secondary N) is 2. The zero-order valence-corrected chi connectivity index (χ0v) is 15.9. The normalized spacial score (nSPS) is 11.9. The molecule has 25 heavy (non-hydrogen) atoms. The molecular formula is C15H18N2O5S3. The summed E-state index contributed by atoms with van der Waals surface area (Å²) < 4.78 is 49.8. The van der Waals surface area contributed by atoms with Crippen molar-refractivity contribution in [2.45, 2.75) is 11.1 Å². The summed E-state index contributed by atoms with van der Waals surface area (Å²) in [7, 11) is -6.85. The van der Waals surface area contributed by atoms with Gasteiger partial charge in [-0.15, -0.1) is 11.3 Å². The van der Waals surface area contributed by atoms with Crippen molar-refractivity contribution in [2.24, 2.45) is 0 Å². The van der Waals surface area contributed by atoms with E-state index in [4.69, 9.17) is 0 Å². The van der Waals surface area contributed by atoms with Crippen LogP contribution in [0.2, 0.25) is 0 Å². The van der Waals surface area contributed by atoms with Crippen molar-refractivity contribution in [3.8, 4) is 0 Å². The Hall–Kier alpha value is -1.91. The molecule has 1 aromatic carbocycles. The average Bonchev–Trinajstić information content (AvgIpc) is 3.10. The van der Waals surface area contributed by atoms with E-state index in [0.717, 1.165) is 11.3 Å². The molecule has 0 bridgehead atoms. The van der Waals surface area contributed by atoms with Crippen LogP contribution < -0.4 is 10.0 Å². The van der Waals surface area contributed by atoms with Gasteiger partial charge < -0.3 is 5.32 Å². The van der Waals surface area contributed by atoms with Crippen molar-refractivity contribution in [3.63, 3.8) is 0 Å². The lowest BCUT2D eigenvalue weighted by Crippen LogP contribution is -2.29. The molecule has 0 spiro atoms. The number of thiophene rings is 1. The third-order valence-corrected chi connectivity index (χ3v) is 7.76. The third kappa shape index (κ3) is 5.55. The molecule has 2 rings (SSSR count). The van der Waals surface area contributed by atoms with Gasteiger partial charge in [-0.25, -0.2) is 16.8 Å². The zero-order chi connectivity index (χ0) is 18.5. The van der Waals surface area contributed by atoms with E-state index < -0.39 is 25.8 Å². The summed E-state index contributed by atoms with van der Waals surface area (Å²) in [5.74, 6) is -0.591. The summed E-state index contributed by atoms with van der Waals surface area (Å²) in [6.45, 7) is 1.54. The Morgan fingerprint density at radius 2 is 1.88 bits per heavy atom. The maximum absolute atomic E-state index is 12.2. The largest absolute Gasteiger partial charge is 0.351 e. The molecule has 0 saturated heterocycles. The summed E-state index contributed by atoms with van der Waals surface area (Å²) in [5.41, 5.74) is 0.488. The molecule has 1 amide bonds. The Balaban J connectivity index is 2.05. The van der Waals surface area contributed by atoms with Gasteiger partial charge in [-0.05, 0) is 29.6 Å². The van der Waals surface area contributed by atoms with Crippen molar-refractivity contribution in [1.82, 2.24) is 5.32 Å². The number of hydrogen-bond acceptors (Lipinski definition) is 6. The number of carbonyl (C=O) groups is 1.